The molecule has 3 aromatic carbocycles. The first-order chi connectivity index (χ1) is 13.4. The number of benzene rings is 3. The summed E-state index contributed by atoms with van der Waals surface area (Å²) in [5.74, 6) is 0.164. The lowest BCUT2D eigenvalue weighted by Gasteiger charge is -2.13. The molecule has 1 aliphatic rings. The average Bonchev–Trinajstić information content (AvgIpc) is 2.83. The molecule has 0 fully saturated rings. The van der Waals surface area contributed by atoms with E-state index >= 15 is 4.39 Å². The number of ether oxygens (including phenoxy) is 1. The lowest BCUT2D eigenvalue weighted by molar-refractivity contribution is 0.307. The number of sulfonamides is 1. The van der Waals surface area contributed by atoms with Crippen LogP contribution < -0.4 is 9.46 Å². The largest absolute Gasteiger partial charge is 0.488 e. The molecule has 0 unspecified atom stereocenters. The Kier molecular flexibility index (Phi) is 4.65. The fourth-order valence-corrected chi connectivity index (χ4v) is 3.86. The third-order valence-electron chi connectivity index (χ3n) is 4.47. The third kappa shape index (κ3) is 3.64. The Labute approximate surface area is 163 Å². The molecule has 4 rings (SSSR count). The van der Waals surface area contributed by atoms with Gasteiger partial charge in [-0.25, -0.2) is 12.8 Å². The van der Waals surface area contributed by atoms with E-state index < -0.39 is 15.9 Å². The molecule has 4 nitrogen and oxygen atoms in total. The van der Waals surface area contributed by atoms with Gasteiger partial charge >= 0.3 is 0 Å². The van der Waals surface area contributed by atoms with Crippen LogP contribution in [0.2, 0.25) is 0 Å². The summed E-state index contributed by atoms with van der Waals surface area (Å²) in [6.07, 6.45) is 1.06. The number of hydrogen-bond donors (Lipinski definition) is 1. The SMILES string of the molecule is CS(=O)(=O)Nc1cccc(C(F)=C2c3ccccc3COc3ccccc32)c1. The molecule has 0 radical (unpaired) electrons. The van der Waals surface area contributed by atoms with Gasteiger partial charge in [0.25, 0.3) is 0 Å². The van der Waals surface area contributed by atoms with Gasteiger partial charge in [0, 0.05) is 22.4 Å². The van der Waals surface area contributed by atoms with Crippen molar-refractivity contribution in [2.45, 2.75) is 6.61 Å². The van der Waals surface area contributed by atoms with E-state index in [1.807, 2.05) is 48.5 Å². The first-order valence-corrected chi connectivity index (χ1v) is 10.6. The van der Waals surface area contributed by atoms with E-state index in [0.29, 0.717) is 29.2 Å². The lowest BCUT2D eigenvalue weighted by atomic mass is 9.92. The van der Waals surface area contributed by atoms with E-state index in [0.717, 1.165) is 17.4 Å². The van der Waals surface area contributed by atoms with Crippen molar-refractivity contribution < 1.29 is 17.5 Å². The number of para-hydroxylation sites is 1. The number of rotatable bonds is 3. The second kappa shape index (κ2) is 7.13. The number of anilines is 1. The minimum Gasteiger partial charge on any atom is -0.488 e. The molecule has 28 heavy (non-hydrogen) atoms. The van der Waals surface area contributed by atoms with Crippen LogP contribution in [0.1, 0.15) is 22.3 Å². The molecule has 3 aromatic rings. The predicted octanol–water partition coefficient (Wildman–Crippen LogP) is 4.84. The van der Waals surface area contributed by atoms with Crippen molar-refractivity contribution in [3.8, 4) is 5.75 Å². The maximum absolute atomic E-state index is 15.8. The fourth-order valence-electron chi connectivity index (χ4n) is 3.30. The van der Waals surface area contributed by atoms with Crippen LogP contribution in [-0.4, -0.2) is 14.7 Å². The Morgan fingerprint density at radius 1 is 0.964 bits per heavy atom. The number of halogens is 1. The maximum Gasteiger partial charge on any atom is 0.229 e. The van der Waals surface area contributed by atoms with Gasteiger partial charge in [0.05, 0.1) is 6.26 Å². The standard InChI is InChI=1S/C22H18FNO3S/c1-28(25,26)24-17-9-6-8-15(13-17)22(23)21-18-10-3-2-7-16(18)14-27-20-12-5-4-11-19(20)21/h2-13,24H,14H2,1H3. The molecular formula is C22H18FNO3S. The zero-order chi connectivity index (χ0) is 19.7. The van der Waals surface area contributed by atoms with Crippen LogP contribution in [-0.2, 0) is 16.6 Å². The molecule has 0 saturated heterocycles. The van der Waals surface area contributed by atoms with E-state index in [1.54, 1.807) is 18.2 Å². The Balaban J connectivity index is 1.94. The topological polar surface area (TPSA) is 55.4 Å². The minimum atomic E-state index is -3.46. The molecule has 1 aliphatic heterocycles. The first kappa shape index (κ1) is 18.3. The summed E-state index contributed by atoms with van der Waals surface area (Å²) in [4.78, 5) is 0. The molecule has 0 spiro atoms. The number of hydrogen-bond acceptors (Lipinski definition) is 3. The Morgan fingerprint density at radius 3 is 2.46 bits per heavy atom. The summed E-state index contributed by atoms with van der Waals surface area (Å²) in [5, 5.41) is 0. The van der Waals surface area contributed by atoms with Gasteiger partial charge in [-0.1, -0.05) is 54.6 Å². The van der Waals surface area contributed by atoms with Crippen LogP contribution in [0.15, 0.2) is 72.8 Å². The summed E-state index contributed by atoms with van der Waals surface area (Å²) < 4.78 is 47.1. The highest BCUT2D eigenvalue weighted by Gasteiger charge is 2.23. The van der Waals surface area contributed by atoms with E-state index in [4.69, 9.17) is 4.74 Å². The van der Waals surface area contributed by atoms with E-state index in [9.17, 15) is 8.42 Å². The summed E-state index contributed by atoms with van der Waals surface area (Å²) in [6.45, 7) is 0.347. The third-order valence-corrected chi connectivity index (χ3v) is 5.07. The van der Waals surface area contributed by atoms with Gasteiger partial charge in [-0.05, 0) is 29.3 Å². The lowest BCUT2D eigenvalue weighted by Crippen LogP contribution is -2.09. The quantitative estimate of drug-likeness (QED) is 0.691. The van der Waals surface area contributed by atoms with Gasteiger partial charge in [0.15, 0.2) is 0 Å². The van der Waals surface area contributed by atoms with Crippen molar-refractivity contribution in [3.05, 3.63) is 95.1 Å². The van der Waals surface area contributed by atoms with Gasteiger partial charge in [-0.3, -0.25) is 4.72 Å². The van der Waals surface area contributed by atoms with Crippen molar-refractivity contribution in [2.24, 2.45) is 0 Å². The van der Waals surface area contributed by atoms with Gasteiger partial charge in [0.2, 0.25) is 10.0 Å². The zero-order valence-electron chi connectivity index (χ0n) is 15.1. The van der Waals surface area contributed by atoms with Gasteiger partial charge < -0.3 is 4.74 Å². The average molecular weight is 395 g/mol. The molecule has 0 aliphatic carbocycles. The highest BCUT2D eigenvalue weighted by molar-refractivity contribution is 7.92. The fraction of sp³-hybridized carbons (Fsp3) is 0.0909. The molecule has 0 atom stereocenters. The Bertz CT molecular complexity index is 1140. The van der Waals surface area contributed by atoms with Crippen molar-refractivity contribution in [3.63, 3.8) is 0 Å². The van der Waals surface area contributed by atoms with Gasteiger partial charge in [0.1, 0.15) is 18.2 Å². The molecule has 1 heterocycles. The van der Waals surface area contributed by atoms with Crippen LogP contribution in [0, 0.1) is 0 Å². The van der Waals surface area contributed by atoms with Crippen molar-refractivity contribution in [1.29, 1.82) is 0 Å². The summed E-state index contributed by atoms with van der Waals surface area (Å²) >= 11 is 0. The van der Waals surface area contributed by atoms with E-state index in [-0.39, 0.29) is 5.56 Å². The first-order valence-electron chi connectivity index (χ1n) is 8.71. The molecule has 0 aromatic heterocycles. The molecular weight excluding hydrogens is 377 g/mol. The second-order valence-electron chi connectivity index (χ2n) is 6.59. The van der Waals surface area contributed by atoms with E-state index in [1.165, 1.54) is 6.07 Å². The molecule has 142 valence electrons. The Hall–Kier alpha value is -3.12. The van der Waals surface area contributed by atoms with Gasteiger partial charge in [-0.2, -0.15) is 0 Å². The minimum absolute atomic E-state index is 0.287. The summed E-state index contributed by atoms with van der Waals surface area (Å²) in [7, 11) is -3.46. The number of fused-ring (bicyclic) bond motifs is 2. The molecule has 0 bridgehead atoms. The zero-order valence-corrected chi connectivity index (χ0v) is 16.0. The molecule has 6 heteroatoms. The number of nitrogens with one attached hydrogen (secondary N) is 1. The van der Waals surface area contributed by atoms with Gasteiger partial charge in [-0.15, -0.1) is 0 Å². The highest BCUT2D eigenvalue weighted by atomic mass is 32.2. The molecule has 0 amide bonds. The van der Waals surface area contributed by atoms with Crippen molar-refractivity contribution in [1.82, 2.24) is 0 Å². The molecule has 1 N–H and O–H groups in total. The molecule has 0 saturated carbocycles. The van der Waals surface area contributed by atoms with Crippen molar-refractivity contribution >= 4 is 27.1 Å². The normalized spacial score (nSPS) is 14.9. The highest BCUT2D eigenvalue weighted by Crippen LogP contribution is 2.41. The van der Waals surface area contributed by atoms with Crippen LogP contribution in [0.4, 0.5) is 10.1 Å². The Morgan fingerprint density at radius 2 is 1.68 bits per heavy atom. The maximum atomic E-state index is 15.8. The van der Waals surface area contributed by atoms with E-state index in [2.05, 4.69) is 4.72 Å². The van der Waals surface area contributed by atoms with Crippen LogP contribution in [0.3, 0.4) is 0 Å². The summed E-state index contributed by atoms with van der Waals surface area (Å²) in [5.41, 5.74) is 3.32. The monoisotopic (exact) mass is 395 g/mol. The smallest absolute Gasteiger partial charge is 0.229 e. The van der Waals surface area contributed by atoms with Crippen LogP contribution >= 0.6 is 0 Å². The summed E-state index contributed by atoms with van der Waals surface area (Å²) in [6, 6.07) is 21.2. The van der Waals surface area contributed by atoms with Crippen molar-refractivity contribution in [2.75, 3.05) is 11.0 Å². The predicted molar refractivity (Wildman–Crippen MR) is 109 cm³/mol. The van der Waals surface area contributed by atoms with Crippen LogP contribution in [0.5, 0.6) is 5.75 Å². The second-order valence-corrected chi connectivity index (χ2v) is 8.33. The van der Waals surface area contributed by atoms with Crippen LogP contribution in [0.25, 0.3) is 11.4 Å².